The molecule has 0 aliphatic heterocycles. The van der Waals surface area contributed by atoms with Gasteiger partial charge in [-0.1, -0.05) is 23.7 Å². The van der Waals surface area contributed by atoms with E-state index in [0.29, 0.717) is 28.2 Å². The van der Waals surface area contributed by atoms with Crippen molar-refractivity contribution in [3.63, 3.8) is 0 Å². The third-order valence-corrected chi connectivity index (χ3v) is 3.05. The first-order valence-corrected chi connectivity index (χ1v) is 6.48. The molecular formula is C13H12Cl2N2O2. The van der Waals surface area contributed by atoms with E-state index in [2.05, 4.69) is 10.2 Å². The molecule has 19 heavy (non-hydrogen) atoms. The highest BCUT2D eigenvalue weighted by molar-refractivity contribution is 6.32. The van der Waals surface area contributed by atoms with Crippen LogP contribution in [0.1, 0.15) is 11.3 Å². The van der Waals surface area contributed by atoms with Crippen molar-refractivity contribution in [2.45, 2.75) is 12.5 Å². The van der Waals surface area contributed by atoms with E-state index in [4.69, 9.17) is 32.7 Å². The van der Waals surface area contributed by atoms with Crippen LogP contribution >= 0.6 is 23.2 Å². The normalized spacial score (nSPS) is 10.3. The van der Waals surface area contributed by atoms with Crippen LogP contribution in [0.4, 0.5) is 0 Å². The molecule has 1 aromatic carbocycles. The van der Waals surface area contributed by atoms with Gasteiger partial charge in [0.1, 0.15) is 18.1 Å². The molecule has 4 nitrogen and oxygen atoms in total. The maximum absolute atomic E-state index is 6.08. The monoisotopic (exact) mass is 298 g/mol. The number of alkyl halides is 1. The third-order valence-electron chi connectivity index (χ3n) is 2.46. The summed E-state index contributed by atoms with van der Waals surface area (Å²) in [6.45, 7) is 0.268. The van der Waals surface area contributed by atoms with E-state index in [9.17, 15) is 0 Å². The lowest BCUT2D eigenvalue weighted by molar-refractivity contribution is 0.296. The summed E-state index contributed by atoms with van der Waals surface area (Å²) in [5.41, 5.74) is 1.52. The number of aromatic nitrogens is 2. The third kappa shape index (κ3) is 3.49. The molecule has 1 aromatic heterocycles. The van der Waals surface area contributed by atoms with Gasteiger partial charge in [0.2, 0.25) is 5.88 Å². The molecule has 0 bridgehead atoms. The predicted octanol–water partition coefficient (Wildman–Crippen LogP) is 3.46. The van der Waals surface area contributed by atoms with E-state index in [1.165, 1.54) is 7.11 Å². The number of halogens is 2. The first-order valence-electron chi connectivity index (χ1n) is 5.57. The second-order valence-electron chi connectivity index (χ2n) is 3.72. The van der Waals surface area contributed by atoms with Crippen LogP contribution in [0.2, 0.25) is 5.02 Å². The zero-order valence-corrected chi connectivity index (χ0v) is 11.8. The van der Waals surface area contributed by atoms with Crippen molar-refractivity contribution in [2.75, 3.05) is 7.11 Å². The average molecular weight is 299 g/mol. The molecule has 0 saturated carbocycles. The standard InChI is InChI=1S/C13H12Cl2N2O2/c1-18-12-6-5-10(16-17-12)8-19-13-9(7-14)3-2-4-11(13)15/h2-6H,7-8H2,1H3. The zero-order chi connectivity index (χ0) is 13.7. The topological polar surface area (TPSA) is 44.2 Å². The van der Waals surface area contributed by atoms with Crippen molar-refractivity contribution in [3.05, 3.63) is 46.6 Å². The Morgan fingerprint density at radius 1 is 1.16 bits per heavy atom. The molecule has 100 valence electrons. The van der Waals surface area contributed by atoms with E-state index < -0.39 is 0 Å². The Balaban J connectivity index is 2.09. The molecule has 0 N–H and O–H groups in total. The van der Waals surface area contributed by atoms with Crippen molar-refractivity contribution in [3.8, 4) is 11.6 Å². The van der Waals surface area contributed by atoms with Gasteiger partial charge in [-0.3, -0.25) is 0 Å². The van der Waals surface area contributed by atoms with Gasteiger partial charge >= 0.3 is 0 Å². The molecule has 0 aliphatic carbocycles. The lowest BCUT2D eigenvalue weighted by atomic mass is 10.2. The molecular weight excluding hydrogens is 287 g/mol. The summed E-state index contributed by atoms with van der Waals surface area (Å²) in [7, 11) is 1.54. The SMILES string of the molecule is COc1ccc(COc2c(Cl)cccc2CCl)nn1. The van der Waals surface area contributed by atoms with Gasteiger partial charge in [0.05, 0.1) is 18.0 Å². The molecule has 0 radical (unpaired) electrons. The Kier molecular flexibility index (Phi) is 4.82. The Labute approximate surface area is 121 Å². The Hall–Kier alpha value is -1.52. The van der Waals surface area contributed by atoms with Crippen molar-refractivity contribution in [1.82, 2.24) is 10.2 Å². The molecule has 0 unspecified atom stereocenters. The molecule has 0 aliphatic rings. The maximum atomic E-state index is 6.08. The van der Waals surface area contributed by atoms with E-state index >= 15 is 0 Å². The molecule has 0 amide bonds. The van der Waals surface area contributed by atoms with E-state index in [1.807, 2.05) is 12.1 Å². The van der Waals surface area contributed by atoms with Crippen LogP contribution in [0.3, 0.4) is 0 Å². The number of methoxy groups -OCH3 is 1. The van der Waals surface area contributed by atoms with E-state index in [-0.39, 0.29) is 6.61 Å². The second-order valence-corrected chi connectivity index (χ2v) is 4.39. The lowest BCUT2D eigenvalue weighted by Gasteiger charge is -2.11. The number of nitrogens with zero attached hydrogens (tertiary/aromatic N) is 2. The van der Waals surface area contributed by atoms with Gasteiger partial charge in [0.25, 0.3) is 0 Å². The highest BCUT2D eigenvalue weighted by Gasteiger charge is 2.08. The fourth-order valence-electron chi connectivity index (χ4n) is 1.50. The Morgan fingerprint density at radius 3 is 2.63 bits per heavy atom. The van der Waals surface area contributed by atoms with Gasteiger partial charge in [-0.15, -0.1) is 21.8 Å². The number of para-hydroxylation sites is 1. The summed E-state index contributed by atoms with van der Waals surface area (Å²) in [6.07, 6.45) is 0. The number of benzene rings is 1. The van der Waals surface area contributed by atoms with Crippen LogP contribution in [-0.4, -0.2) is 17.3 Å². The molecule has 0 spiro atoms. The predicted molar refractivity (Wildman–Crippen MR) is 73.9 cm³/mol. The molecule has 6 heteroatoms. The number of hydrogen-bond acceptors (Lipinski definition) is 4. The maximum Gasteiger partial charge on any atom is 0.233 e. The van der Waals surface area contributed by atoms with Gasteiger partial charge in [-0.25, -0.2) is 0 Å². The number of ether oxygens (including phenoxy) is 2. The summed E-state index contributed by atoms with van der Waals surface area (Å²) in [5, 5.41) is 8.36. The number of hydrogen-bond donors (Lipinski definition) is 0. The second kappa shape index (κ2) is 6.59. The minimum absolute atomic E-state index is 0.268. The van der Waals surface area contributed by atoms with Crippen LogP contribution in [0.15, 0.2) is 30.3 Å². The van der Waals surface area contributed by atoms with Crippen molar-refractivity contribution in [1.29, 1.82) is 0 Å². The fourth-order valence-corrected chi connectivity index (χ4v) is 1.96. The summed E-state index contributed by atoms with van der Waals surface area (Å²) in [5.74, 6) is 1.38. The molecule has 0 saturated heterocycles. The molecule has 2 aromatic rings. The van der Waals surface area contributed by atoms with Crippen molar-refractivity contribution in [2.24, 2.45) is 0 Å². The summed E-state index contributed by atoms with van der Waals surface area (Å²) >= 11 is 11.9. The number of rotatable bonds is 5. The lowest BCUT2D eigenvalue weighted by Crippen LogP contribution is -2.02. The molecule has 0 fully saturated rings. The molecule has 2 rings (SSSR count). The van der Waals surface area contributed by atoms with Crippen LogP contribution in [-0.2, 0) is 12.5 Å². The minimum atomic E-state index is 0.268. The largest absolute Gasteiger partial charge is 0.485 e. The van der Waals surface area contributed by atoms with Crippen LogP contribution < -0.4 is 9.47 Å². The fraction of sp³-hybridized carbons (Fsp3) is 0.231. The zero-order valence-electron chi connectivity index (χ0n) is 10.3. The van der Waals surface area contributed by atoms with E-state index in [1.54, 1.807) is 18.2 Å². The van der Waals surface area contributed by atoms with Gasteiger partial charge in [-0.2, -0.15) is 0 Å². The highest BCUT2D eigenvalue weighted by atomic mass is 35.5. The smallest absolute Gasteiger partial charge is 0.233 e. The van der Waals surface area contributed by atoms with Gasteiger partial charge in [-0.05, 0) is 12.1 Å². The Morgan fingerprint density at radius 2 is 2.00 bits per heavy atom. The molecule has 0 atom stereocenters. The summed E-state index contributed by atoms with van der Waals surface area (Å²) in [6, 6.07) is 8.96. The quantitative estimate of drug-likeness (QED) is 0.793. The van der Waals surface area contributed by atoms with Gasteiger partial charge in [0.15, 0.2) is 0 Å². The minimum Gasteiger partial charge on any atom is -0.485 e. The average Bonchev–Trinajstić information content (AvgIpc) is 2.46. The van der Waals surface area contributed by atoms with Crippen LogP contribution in [0.25, 0.3) is 0 Å². The first-order chi connectivity index (χ1) is 9.24. The van der Waals surface area contributed by atoms with Gasteiger partial charge < -0.3 is 9.47 Å². The Bertz CT molecular complexity index is 547. The van der Waals surface area contributed by atoms with Crippen LogP contribution in [0, 0.1) is 0 Å². The van der Waals surface area contributed by atoms with Gasteiger partial charge in [0, 0.05) is 11.6 Å². The molecule has 1 heterocycles. The summed E-state index contributed by atoms with van der Waals surface area (Å²) < 4.78 is 10.6. The van der Waals surface area contributed by atoms with E-state index in [0.717, 1.165) is 5.56 Å². The first kappa shape index (κ1) is 13.9. The summed E-state index contributed by atoms with van der Waals surface area (Å²) in [4.78, 5) is 0. The van der Waals surface area contributed by atoms with Crippen molar-refractivity contribution < 1.29 is 9.47 Å². The van der Waals surface area contributed by atoms with Crippen molar-refractivity contribution >= 4 is 23.2 Å². The highest BCUT2D eigenvalue weighted by Crippen LogP contribution is 2.30. The van der Waals surface area contributed by atoms with Crippen LogP contribution in [0.5, 0.6) is 11.6 Å².